The summed E-state index contributed by atoms with van der Waals surface area (Å²) < 4.78 is 20.6. The van der Waals surface area contributed by atoms with E-state index in [-0.39, 0.29) is 12.4 Å². The van der Waals surface area contributed by atoms with Gasteiger partial charge >= 0.3 is 0 Å². The van der Waals surface area contributed by atoms with E-state index in [0.717, 1.165) is 6.42 Å². The van der Waals surface area contributed by atoms with Crippen LogP contribution >= 0.6 is 0 Å². The monoisotopic (exact) mass is 282 g/mol. The number of hydrogen-bond donors (Lipinski definition) is 0. The molecule has 0 unspecified atom stereocenters. The number of ether oxygens (including phenoxy) is 4. The highest BCUT2D eigenvalue weighted by Crippen LogP contribution is 2.17. The van der Waals surface area contributed by atoms with Crippen LogP contribution in [-0.2, 0) is 14.2 Å². The molecular weight excluding hydrogens is 260 g/mol. The molecule has 0 saturated heterocycles. The van der Waals surface area contributed by atoms with Gasteiger partial charge in [0.15, 0.2) is 5.78 Å². The maximum Gasteiger partial charge on any atom is 0.192 e. The van der Waals surface area contributed by atoms with E-state index in [4.69, 9.17) is 18.9 Å². The molecule has 112 valence electrons. The van der Waals surface area contributed by atoms with E-state index in [1.54, 1.807) is 32.4 Å². The summed E-state index contributed by atoms with van der Waals surface area (Å²) in [6.45, 7) is 2.32. The standard InChI is InChI=1S/C15H22O5/c1-17-10-11-19-8-5-9-20-12-14(16)13-6-3-4-7-15(13)18-2/h3-4,6-7H,5,8-12H2,1-2H3. The van der Waals surface area contributed by atoms with Gasteiger partial charge in [-0.15, -0.1) is 0 Å². The van der Waals surface area contributed by atoms with Crippen molar-refractivity contribution in [2.24, 2.45) is 0 Å². The molecule has 5 heteroatoms. The fourth-order valence-corrected chi connectivity index (χ4v) is 1.62. The van der Waals surface area contributed by atoms with Gasteiger partial charge in [-0.25, -0.2) is 0 Å². The lowest BCUT2D eigenvalue weighted by Crippen LogP contribution is -2.12. The van der Waals surface area contributed by atoms with Gasteiger partial charge < -0.3 is 18.9 Å². The van der Waals surface area contributed by atoms with Crippen LogP contribution in [0.1, 0.15) is 16.8 Å². The normalized spacial score (nSPS) is 10.5. The molecule has 0 saturated carbocycles. The maximum absolute atomic E-state index is 11.9. The van der Waals surface area contributed by atoms with Gasteiger partial charge in [-0.2, -0.15) is 0 Å². The molecule has 1 rings (SSSR count). The van der Waals surface area contributed by atoms with Crippen LogP contribution in [0.25, 0.3) is 0 Å². The van der Waals surface area contributed by atoms with Gasteiger partial charge in [0.1, 0.15) is 12.4 Å². The number of benzene rings is 1. The second-order valence-corrected chi connectivity index (χ2v) is 4.13. The quantitative estimate of drug-likeness (QED) is 0.458. The van der Waals surface area contributed by atoms with E-state index in [9.17, 15) is 4.79 Å². The lowest BCUT2D eigenvalue weighted by molar-refractivity contribution is 0.0488. The maximum atomic E-state index is 11.9. The molecule has 0 aliphatic carbocycles. The molecular formula is C15H22O5. The third-order valence-electron chi connectivity index (χ3n) is 2.65. The van der Waals surface area contributed by atoms with Crippen LogP contribution in [-0.4, -0.2) is 53.0 Å². The summed E-state index contributed by atoms with van der Waals surface area (Å²) >= 11 is 0. The van der Waals surface area contributed by atoms with Gasteiger partial charge in [-0.3, -0.25) is 4.79 Å². The van der Waals surface area contributed by atoms with Gasteiger partial charge in [0.25, 0.3) is 0 Å². The Balaban J connectivity index is 2.17. The number of carbonyl (C=O) groups excluding carboxylic acids is 1. The Kier molecular flexibility index (Phi) is 8.62. The van der Waals surface area contributed by atoms with E-state index in [2.05, 4.69) is 0 Å². The SMILES string of the molecule is COCCOCCCOCC(=O)c1ccccc1OC. The van der Waals surface area contributed by atoms with Gasteiger partial charge in [-0.05, 0) is 18.6 Å². The van der Waals surface area contributed by atoms with Crippen LogP contribution in [0.15, 0.2) is 24.3 Å². The average Bonchev–Trinajstić information content (AvgIpc) is 2.49. The highest BCUT2D eigenvalue weighted by Gasteiger charge is 2.11. The van der Waals surface area contributed by atoms with Crippen molar-refractivity contribution in [3.8, 4) is 5.75 Å². The average molecular weight is 282 g/mol. The van der Waals surface area contributed by atoms with Crippen molar-refractivity contribution in [2.75, 3.05) is 47.3 Å². The summed E-state index contributed by atoms with van der Waals surface area (Å²) in [6, 6.07) is 7.13. The highest BCUT2D eigenvalue weighted by molar-refractivity contribution is 5.99. The van der Waals surface area contributed by atoms with Crippen LogP contribution in [0.3, 0.4) is 0 Å². The second kappa shape index (κ2) is 10.4. The number of hydrogen-bond acceptors (Lipinski definition) is 5. The smallest absolute Gasteiger partial charge is 0.192 e. The van der Waals surface area contributed by atoms with E-state index in [1.165, 1.54) is 0 Å². The summed E-state index contributed by atoms with van der Waals surface area (Å²) in [5.41, 5.74) is 0.548. The third-order valence-corrected chi connectivity index (χ3v) is 2.65. The van der Waals surface area contributed by atoms with E-state index >= 15 is 0 Å². The van der Waals surface area contributed by atoms with Crippen molar-refractivity contribution >= 4 is 5.78 Å². The molecule has 0 heterocycles. The fraction of sp³-hybridized carbons (Fsp3) is 0.533. The lowest BCUT2D eigenvalue weighted by Gasteiger charge is -2.08. The molecule has 0 aliphatic heterocycles. The zero-order valence-electron chi connectivity index (χ0n) is 12.1. The van der Waals surface area contributed by atoms with Crippen molar-refractivity contribution in [3.05, 3.63) is 29.8 Å². The largest absolute Gasteiger partial charge is 0.496 e. The molecule has 1 aromatic rings. The first-order valence-electron chi connectivity index (χ1n) is 6.60. The van der Waals surface area contributed by atoms with Crippen molar-refractivity contribution in [3.63, 3.8) is 0 Å². The Morgan fingerprint density at radius 2 is 1.75 bits per heavy atom. The third kappa shape index (κ3) is 6.14. The molecule has 0 spiro atoms. The summed E-state index contributed by atoms with van der Waals surface area (Å²) in [5, 5.41) is 0. The minimum absolute atomic E-state index is 0.0540. The number of carbonyl (C=O) groups is 1. The molecule has 0 radical (unpaired) electrons. The molecule has 0 bridgehead atoms. The topological polar surface area (TPSA) is 54.0 Å². The number of methoxy groups -OCH3 is 2. The zero-order valence-corrected chi connectivity index (χ0v) is 12.1. The van der Waals surface area contributed by atoms with Crippen molar-refractivity contribution in [2.45, 2.75) is 6.42 Å². The first-order valence-corrected chi connectivity index (χ1v) is 6.60. The van der Waals surface area contributed by atoms with Crippen molar-refractivity contribution < 1.29 is 23.7 Å². The Labute approximate surface area is 119 Å². The number of Topliss-reactive ketones (excluding diaryl/α,β-unsaturated/α-hetero) is 1. The Bertz CT molecular complexity index is 392. The molecule has 20 heavy (non-hydrogen) atoms. The van der Waals surface area contributed by atoms with Crippen LogP contribution in [0.2, 0.25) is 0 Å². The first-order chi connectivity index (χ1) is 9.79. The van der Waals surface area contributed by atoms with Gasteiger partial charge in [-0.1, -0.05) is 12.1 Å². The van der Waals surface area contributed by atoms with Crippen LogP contribution in [0, 0.1) is 0 Å². The van der Waals surface area contributed by atoms with Crippen LogP contribution in [0.4, 0.5) is 0 Å². The minimum Gasteiger partial charge on any atom is -0.496 e. The van der Waals surface area contributed by atoms with Crippen molar-refractivity contribution in [1.29, 1.82) is 0 Å². The fourth-order valence-electron chi connectivity index (χ4n) is 1.62. The van der Waals surface area contributed by atoms with E-state index in [1.807, 2.05) is 6.07 Å². The highest BCUT2D eigenvalue weighted by atomic mass is 16.5. The predicted octanol–water partition coefficient (Wildman–Crippen LogP) is 1.95. The summed E-state index contributed by atoms with van der Waals surface area (Å²) in [4.78, 5) is 11.9. The predicted molar refractivity (Wildman–Crippen MR) is 75.5 cm³/mol. The summed E-state index contributed by atoms with van der Waals surface area (Å²) in [7, 11) is 3.18. The molecule has 5 nitrogen and oxygen atoms in total. The molecule has 0 aliphatic rings. The van der Waals surface area contributed by atoms with Crippen LogP contribution < -0.4 is 4.74 Å². The Hall–Kier alpha value is -1.43. The number of rotatable bonds is 11. The number of para-hydroxylation sites is 1. The van der Waals surface area contributed by atoms with Gasteiger partial charge in [0.05, 0.1) is 25.9 Å². The molecule has 0 atom stereocenters. The lowest BCUT2D eigenvalue weighted by atomic mass is 10.1. The molecule has 0 aromatic heterocycles. The van der Waals surface area contributed by atoms with E-state index in [0.29, 0.717) is 37.7 Å². The molecule has 0 fully saturated rings. The van der Waals surface area contributed by atoms with E-state index < -0.39 is 0 Å². The number of ketones is 1. The zero-order chi connectivity index (χ0) is 14.6. The Morgan fingerprint density at radius 3 is 2.50 bits per heavy atom. The van der Waals surface area contributed by atoms with Crippen LogP contribution in [0.5, 0.6) is 5.75 Å². The molecule has 0 amide bonds. The molecule has 0 N–H and O–H groups in total. The van der Waals surface area contributed by atoms with Gasteiger partial charge in [0.2, 0.25) is 0 Å². The van der Waals surface area contributed by atoms with Gasteiger partial charge in [0, 0.05) is 20.3 Å². The second-order valence-electron chi connectivity index (χ2n) is 4.13. The molecule has 1 aromatic carbocycles. The van der Waals surface area contributed by atoms with Crippen molar-refractivity contribution in [1.82, 2.24) is 0 Å². The minimum atomic E-state index is -0.0808. The summed E-state index contributed by atoms with van der Waals surface area (Å²) in [6.07, 6.45) is 0.753. The first kappa shape index (κ1) is 16.6. The Morgan fingerprint density at radius 1 is 1.00 bits per heavy atom. The summed E-state index contributed by atoms with van der Waals surface area (Å²) in [5.74, 6) is 0.492.